The lowest BCUT2D eigenvalue weighted by Gasteiger charge is -2.08. The van der Waals surface area contributed by atoms with Crippen molar-refractivity contribution in [3.63, 3.8) is 0 Å². The number of hydrogen-bond donors (Lipinski definition) is 0. The van der Waals surface area contributed by atoms with Gasteiger partial charge in [0.15, 0.2) is 0 Å². The van der Waals surface area contributed by atoms with Crippen molar-refractivity contribution in [3.8, 4) is 6.01 Å². The fraction of sp³-hybridized carbons (Fsp3) is 0.400. The summed E-state index contributed by atoms with van der Waals surface area (Å²) < 4.78 is 63.7. The Kier molecular flexibility index (Phi) is 2.68. The Labute approximate surface area is 111 Å². The number of rotatable bonds is 3. The number of alkyl halides is 3. The maximum absolute atomic E-state index is 12.2. The Morgan fingerprint density at radius 1 is 1.30 bits per heavy atom. The largest absolute Gasteiger partial charge is 0.534 e. The van der Waals surface area contributed by atoms with E-state index in [1.54, 1.807) is 12.1 Å². The first kappa shape index (κ1) is 13.2. The zero-order valence-electron chi connectivity index (χ0n) is 9.83. The molecule has 2 heterocycles. The van der Waals surface area contributed by atoms with Crippen LogP contribution in [0.1, 0.15) is 24.5 Å². The van der Waals surface area contributed by atoms with E-state index in [0.29, 0.717) is 11.4 Å². The highest BCUT2D eigenvalue weighted by Crippen LogP contribution is 2.40. The highest BCUT2D eigenvalue weighted by Gasteiger charge is 2.49. The maximum Gasteiger partial charge on any atom is 0.534 e. The molecule has 2 aromatic heterocycles. The lowest BCUT2D eigenvalue weighted by molar-refractivity contribution is -0.0503. The van der Waals surface area contributed by atoms with Gasteiger partial charge >= 0.3 is 21.6 Å². The van der Waals surface area contributed by atoms with Crippen molar-refractivity contribution in [3.05, 3.63) is 24.0 Å². The van der Waals surface area contributed by atoms with Gasteiger partial charge in [0.2, 0.25) is 0 Å². The van der Waals surface area contributed by atoms with E-state index >= 15 is 0 Å². The van der Waals surface area contributed by atoms with Gasteiger partial charge in [-0.15, -0.1) is 5.10 Å². The van der Waals surface area contributed by atoms with E-state index in [2.05, 4.69) is 14.3 Å². The van der Waals surface area contributed by atoms with Crippen molar-refractivity contribution < 1.29 is 25.8 Å². The molecule has 1 aliphatic rings. The van der Waals surface area contributed by atoms with Crippen LogP contribution in [0, 0.1) is 0 Å². The second kappa shape index (κ2) is 4.08. The quantitative estimate of drug-likeness (QED) is 0.639. The molecule has 0 aromatic carbocycles. The monoisotopic (exact) mass is 307 g/mol. The van der Waals surface area contributed by atoms with Gasteiger partial charge in [-0.05, 0) is 25.0 Å². The molecule has 3 rings (SSSR count). The highest BCUT2D eigenvalue weighted by molar-refractivity contribution is 7.87. The molecule has 108 valence electrons. The molecule has 1 fully saturated rings. The van der Waals surface area contributed by atoms with Crippen molar-refractivity contribution in [2.24, 2.45) is 0 Å². The molecule has 0 unspecified atom stereocenters. The summed E-state index contributed by atoms with van der Waals surface area (Å²) in [5, 5.41) is 3.70. The van der Waals surface area contributed by atoms with E-state index in [1.807, 2.05) is 0 Å². The molecule has 1 saturated carbocycles. The van der Waals surface area contributed by atoms with E-state index in [9.17, 15) is 21.6 Å². The van der Waals surface area contributed by atoms with E-state index in [-0.39, 0.29) is 0 Å². The van der Waals surface area contributed by atoms with Gasteiger partial charge in [-0.2, -0.15) is 26.6 Å². The molecule has 6 nitrogen and oxygen atoms in total. The Bertz CT molecular complexity index is 765. The number of fused-ring (bicyclic) bond motifs is 1. The van der Waals surface area contributed by atoms with E-state index in [4.69, 9.17) is 0 Å². The van der Waals surface area contributed by atoms with Crippen LogP contribution < -0.4 is 4.18 Å². The summed E-state index contributed by atoms with van der Waals surface area (Å²) >= 11 is 0. The Hall–Kier alpha value is -1.84. The minimum Gasteiger partial charge on any atom is -0.335 e. The molecule has 0 bridgehead atoms. The van der Waals surface area contributed by atoms with Crippen LogP contribution in [-0.4, -0.2) is 28.5 Å². The summed E-state index contributed by atoms with van der Waals surface area (Å²) in [4.78, 5) is 3.47. The van der Waals surface area contributed by atoms with Crippen LogP contribution >= 0.6 is 0 Å². The minimum atomic E-state index is -5.76. The van der Waals surface area contributed by atoms with Gasteiger partial charge < -0.3 is 4.18 Å². The highest BCUT2D eigenvalue weighted by atomic mass is 32.2. The van der Waals surface area contributed by atoms with Gasteiger partial charge in [0.25, 0.3) is 0 Å². The Balaban J connectivity index is 1.99. The molecule has 0 radical (unpaired) electrons. The van der Waals surface area contributed by atoms with Gasteiger partial charge in [-0.25, -0.2) is 4.52 Å². The van der Waals surface area contributed by atoms with Crippen molar-refractivity contribution in [1.29, 1.82) is 0 Å². The van der Waals surface area contributed by atoms with E-state index in [1.165, 1.54) is 10.7 Å². The topological polar surface area (TPSA) is 73.6 Å². The lowest BCUT2D eigenvalue weighted by atomic mass is 10.3. The molecular weight excluding hydrogens is 299 g/mol. The fourth-order valence-corrected chi connectivity index (χ4v) is 2.15. The van der Waals surface area contributed by atoms with E-state index in [0.717, 1.165) is 18.5 Å². The zero-order chi connectivity index (χ0) is 14.5. The van der Waals surface area contributed by atoms with Gasteiger partial charge in [-0.1, -0.05) is 0 Å². The first-order valence-electron chi connectivity index (χ1n) is 5.63. The van der Waals surface area contributed by atoms with Gasteiger partial charge in [-0.3, -0.25) is 0 Å². The molecule has 0 spiro atoms. The molecule has 0 aliphatic heterocycles. The number of aromatic nitrogens is 3. The molecule has 0 N–H and O–H groups in total. The van der Waals surface area contributed by atoms with Crippen LogP contribution in [0.3, 0.4) is 0 Å². The third kappa shape index (κ3) is 2.19. The smallest absolute Gasteiger partial charge is 0.335 e. The van der Waals surface area contributed by atoms with Crippen LogP contribution in [0.25, 0.3) is 5.52 Å². The lowest BCUT2D eigenvalue weighted by Crippen LogP contribution is -2.28. The maximum atomic E-state index is 12.2. The first-order chi connectivity index (χ1) is 9.28. The fourth-order valence-electron chi connectivity index (χ4n) is 1.78. The van der Waals surface area contributed by atoms with Crippen molar-refractivity contribution in [2.75, 3.05) is 0 Å². The summed E-state index contributed by atoms with van der Waals surface area (Å²) in [6.07, 6.45) is 3.14. The third-order valence-electron chi connectivity index (χ3n) is 2.87. The zero-order valence-corrected chi connectivity index (χ0v) is 10.6. The van der Waals surface area contributed by atoms with E-state index < -0.39 is 21.6 Å². The van der Waals surface area contributed by atoms with Crippen LogP contribution in [0.4, 0.5) is 13.2 Å². The SMILES string of the molecule is O=S(=O)(Oc1ncc2ccc(C3CC3)n2n1)C(F)(F)F. The standard InChI is InChI=1S/C10H8F3N3O3S/c11-10(12,13)20(17,18)19-9-14-5-7-3-4-8(6-1-2-6)16(7)15-9/h3-6H,1-2H2. The molecule has 0 saturated heterocycles. The summed E-state index contributed by atoms with van der Waals surface area (Å²) in [6.45, 7) is 0. The molecule has 20 heavy (non-hydrogen) atoms. The molecule has 1 aliphatic carbocycles. The average molecular weight is 307 g/mol. The second-order valence-corrected chi connectivity index (χ2v) is 5.93. The molecular formula is C10H8F3N3O3S. The molecule has 2 aromatic rings. The second-order valence-electron chi connectivity index (χ2n) is 4.39. The predicted molar refractivity (Wildman–Crippen MR) is 60.6 cm³/mol. The molecule has 10 heteroatoms. The molecule has 0 amide bonds. The third-order valence-corrected chi connectivity index (χ3v) is 3.81. The summed E-state index contributed by atoms with van der Waals surface area (Å²) in [5.74, 6) is 0.291. The van der Waals surface area contributed by atoms with Crippen molar-refractivity contribution in [1.82, 2.24) is 14.6 Å². The summed E-state index contributed by atoms with van der Waals surface area (Å²) in [5.41, 5.74) is -4.15. The average Bonchev–Trinajstić information content (AvgIpc) is 3.08. The summed E-state index contributed by atoms with van der Waals surface area (Å²) in [6, 6.07) is 2.63. The van der Waals surface area contributed by atoms with Crippen LogP contribution in [-0.2, 0) is 10.1 Å². The normalized spacial score (nSPS) is 16.6. The van der Waals surface area contributed by atoms with Crippen LogP contribution in [0.15, 0.2) is 18.3 Å². The predicted octanol–water partition coefficient (Wildman–Crippen LogP) is 1.84. The van der Waals surface area contributed by atoms with Crippen molar-refractivity contribution >= 4 is 15.6 Å². The van der Waals surface area contributed by atoms with Gasteiger partial charge in [0, 0.05) is 11.6 Å². The Morgan fingerprint density at radius 2 is 2.00 bits per heavy atom. The minimum absolute atomic E-state index is 0.291. The molecule has 0 atom stereocenters. The van der Waals surface area contributed by atoms with Crippen LogP contribution in [0.5, 0.6) is 6.01 Å². The first-order valence-corrected chi connectivity index (χ1v) is 7.04. The number of hydrogen-bond acceptors (Lipinski definition) is 5. The van der Waals surface area contributed by atoms with Crippen molar-refractivity contribution in [2.45, 2.75) is 24.3 Å². The van der Waals surface area contributed by atoms with Gasteiger partial charge in [0.1, 0.15) is 0 Å². The summed E-state index contributed by atoms with van der Waals surface area (Å²) in [7, 11) is -5.76. The van der Waals surface area contributed by atoms with Gasteiger partial charge in [0.05, 0.1) is 11.7 Å². The number of nitrogens with zero attached hydrogens (tertiary/aromatic N) is 3. The number of halogens is 3. The Morgan fingerprint density at radius 3 is 2.60 bits per heavy atom. The van der Waals surface area contributed by atoms with Crippen LogP contribution in [0.2, 0.25) is 0 Å².